The van der Waals surface area contributed by atoms with Crippen molar-refractivity contribution in [3.05, 3.63) is 69.8 Å². The second-order valence-corrected chi connectivity index (χ2v) is 7.30. The van der Waals surface area contributed by atoms with E-state index in [0.29, 0.717) is 5.92 Å². The molecule has 1 saturated heterocycles. The zero-order valence-electron chi connectivity index (χ0n) is 15.7. The van der Waals surface area contributed by atoms with Gasteiger partial charge in [0.05, 0.1) is 4.92 Å². The molecule has 1 amide bonds. The summed E-state index contributed by atoms with van der Waals surface area (Å²) in [5, 5.41) is 14.2. The molecule has 2 aromatic rings. The van der Waals surface area contributed by atoms with E-state index in [0.717, 1.165) is 37.1 Å². The number of aryl methyl sites for hydroxylation is 1. The highest BCUT2D eigenvalue weighted by Gasteiger charge is 2.31. The van der Waals surface area contributed by atoms with E-state index < -0.39 is 11.0 Å². The molecule has 1 unspecified atom stereocenters. The maximum atomic E-state index is 13.2. The lowest BCUT2D eigenvalue weighted by Gasteiger charge is -2.36. The highest BCUT2D eigenvalue weighted by Crippen LogP contribution is 2.30. The van der Waals surface area contributed by atoms with Crippen LogP contribution in [-0.2, 0) is 4.79 Å². The summed E-state index contributed by atoms with van der Waals surface area (Å²) in [5.41, 5.74) is 1.84. The smallest absolute Gasteiger partial charge is 0.293 e. The number of nitrogens with one attached hydrogen (secondary N) is 1. The zero-order valence-corrected chi connectivity index (χ0v) is 15.7. The molecule has 0 saturated carbocycles. The SMILES string of the molecule is Cc1ccc(NC(=O)C(c2ccccc2)N2CCC(C)CC2)c([N+](=O)[O-])c1. The molecule has 1 fully saturated rings. The van der Waals surface area contributed by atoms with Crippen molar-refractivity contribution in [2.45, 2.75) is 32.7 Å². The molecular weight excluding hydrogens is 342 g/mol. The van der Waals surface area contributed by atoms with Gasteiger partial charge < -0.3 is 5.32 Å². The molecule has 27 heavy (non-hydrogen) atoms. The summed E-state index contributed by atoms with van der Waals surface area (Å²) in [7, 11) is 0. The lowest BCUT2D eigenvalue weighted by Crippen LogP contribution is -2.41. The van der Waals surface area contributed by atoms with E-state index in [2.05, 4.69) is 17.1 Å². The van der Waals surface area contributed by atoms with Gasteiger partial charge in [-0.25, -0.2) is 0 Å². The van der Waals surface area contributed by atoms with Crippen LogP contribution in [0.3, 0.4) is 0 Å². The quantitative estimate of drug-likeness (QED) is 0.631. The molecule has 0 radical (unpaired) electrons. The molecule has 142 valence electrons. The van der Waals surface area contributed by atoms with Gasteiger partial charge in [0.15, 0.2) is 0 Å². The average Bonchev–Trinajstić information content (AvgIpc) is 2.66. The van der Waals surface area contributed by atoms with Crippen LogP contribution in [0.2, 0.25) is 0 Å². The van der Waals surface area contributed by atoms with Crippen molar-refractivity contribution in [2.24, 2.45) is 5.92 Å². The Kier molecular flexibility index (Phi) is 5.86. The number of carbonyl (C=O) groups is 1. The van der Waals surface area contributed by atoms with Crippen molar-refractivity contribution < 1.29 is 9.72 Å². The van der Waals surface area contributed by atoms with Crippen molar-refractivity contribution in [3.63, 3.8) is 0 Å². The van der Waals surface area contributed by atoms with Gasteiger partial charge in [0, 0.05) is 6.07 Å². The number of hydrogen-bond acceptors (Lipinski definition) is 4. The molecule has 1 aliphatic heterocycles. The topological polar surface area (TPSA) is 75.5 Å². The minimum absolute atomic E-state index is 0.0811. The molecule has 3 rings (SSSR count). The van der Waals surface area contributed by atoms with Crippen molar-refractivity contribution >= 4 is 17.3 Å². The Balaban J connectivity index is 1.89. The van der Waals surface area contributed by atoms with Crippen LogP contribution in [0, 0.1) is 23.0 Å². The molecule has 1 atom stereocenters. The highest BCUT2D eigenvalue weighted by molar-refractivity contribution is 5.97. The molecule has 0 spiro atoms. The summed E-state index contributed by atoms with van der Waals surface area (Å²) < 4.78 is 0. The van der Waals surface area contributed by atoms with Crippen molar-refractivity contribution in [1.82, 2.24) is 4.90 Å². The first-order valence-electron chi connectivity index (χ1n) is 9.30. The number of amides is 1. The predicted octanol–water partition coefficient (Wildman–Crippen LogP) is 4.31. The van der Waals surface area contributed by atoms with Crippen LogP contribution in [0.5, 0.6) is 0 Å². The van der Waals surface area contributed by atoms with Crippen LogP contribution in [0.1, 0.15) is 36.9 Å². The van der Waals surface area contributed by atoms with Crippen LogP contribution in [0.25, 0.3) is 0 Å². The minimum Gasteiger partial charge on any atom is -0.319 e. The molecule has 2 aromatic carbocycles. The molecule has 1 heterocycles. The van der Waals surface area contributed by atoms with Gasteiger partial charge in [-0.15, -0.1) is 0 Å². The third-order valence-electron chi connectivity index (χ3n) is 5.15. The molecule has 0 aliphatic carbocycles. The zero-order chi connectivity index (χ0) is 19.4. The van der Waals surface area contributed by atoms with Crippen molar-refractivity contribution in [1.29, 1.82) is 0 Å². The Morgan fingerprint density at radius 1 is 1.19 bits per heavy atom. The number of rotatable bonds is 5. The van der Waals surface area contributed by atoms with Crippen LogP contribution in [0.15, 0.2) is 48.5 Å². The molecule has 0 bridgehead atoms. The van der Waals surface area contributed by atoms with Crippen LogP contribution in [-0.4, -0.2) is 28.8 Å². The third-order valence-corrected chi connectivity index (χ3v) is 5.15. The Labute approximate surface area is 159 Å². The number of nitro groups is 1. The van der Waals surface area contributed by atoms with Crippen LogP contribution < -0.4 is 5.32 Å². The number of nitrogens with zero attached hydrogens (tertiary/aromatic N) is 2. The molecule has 6 heteroatoms. The summed E-state index contributed by atoms with van der Waals surface area (Å²) in [6.07, 6.45) is 2.09. The second-order valence-electron chi connectivity index (χ2n) is 7.30. The lowest BCUT2D eigenvalue weighted by molar-refractivity contribution is -0.384. The summed E-state index contributed by atoms with van der Waals surface area (Å²) in [5.74, 6) is 0.418. The van der Waals surface area contributed by atoms with Gasteiger partial charge in [0.25, 0.3) is 5.69 Å². The molecular formula is C21H25N3O3. The monoisotopic (exact) mass is 367 g/mol. The van der Waals surface area contributed by atoms with Crippen molar-refractivity contribution in [3.8, 4) is 0 Å². The van der Waals surface area contributed by atoms with Crippen LogP contribution >= 0.6 is 0 Å². The van der Waals surface area contributed by atoms with E-state index in [4.69, 9.17) is 0 Å². The maximum absolute atomic E-state index is 13.2. The Bertz CT molecular complexity index is 815. The third kappa shape index (κ3) is 4.52. The van der Waals surface area contributed by atoms with Gasteiger partial charge in [-0.2, -0.15) is 0 Å². The molecule has 1 N–H and O–H groups in total. The molecule has 6 nitrogen and oxygen atoms in total. The summed E-state index contributed by atoms with van der Waals surface area (Å²) >= 11 is 0. The average molecular weight is 367 g/mol. The Hall–Kier alpha value is -2.73. The first kappa shape index (κ1) is 19.0. The fraction of sp³-hybridized carbons (Fsp3) is 0.381. The first-order valence-corrected chi connectivity index (χ1v) is 9.30. The van der Waals surface area contributed by atoms with E-state index in [1.807, 2.05) is 30.3 Å². The standard InChI is InChI=1S/C21H25N3O3/c1-15-10-12-23(13-11-15)20(17-6-4-3-5-7-17)21(25)22-18-9-8-16(2)14-19(18)24(26)27/h3-9,14-15,20H,10-13H2,1-2H3,(H,22,25). The van der Waals surface area contributed by atoms with Gasteiger partial charge in [-0.3, -0.25) is 19.8 Å². The van der Waals surface area contributed by atoms with Gasteiger partial charge in [-0.1, -0.05) is 43.3 Å². The fourth-order valence-electron chi connectivity index (χ4n) is 3.55. The normalized spacial score (nSPS) is 16.7. The number of likely N-dealkylation sites (tertiary alicyclic amines) is 1. The van der Waals surface area contributed by atoms with E-state index in [1.165, 1.54) is 6.07 Å². The fourth-order valence-corrected chi connectivity index (χ4v) is 3.55. The highest BCUT2D eigenvalue weighted by atomic mass is 16.6. The van der Waals surface area contributed by atoms with Gasteiger partial charge in [0.2, 0.25) is 5.91 Å². The molecule has 1 aliphatic rings. The number of nitro benzene ring substituents is 1. The summed E-state index contributed by atoms with van der Waals surface area (Å²) in [6, 6.07) is 14.0. The molecule has 0 aromatic heterocycles. The number of carbonyl (C=O) groups excluding carboxylic acids is 1. The number of benzene rings is 2. The lowest BCUT2D eigenvalue weighted by atomic mass is 9.95. The van der Waals surface area contributed by atoms with Gasteiger partial charge in [-0.05, 0) is 56.0 Å². The number of anilines is 1. The van der Waals surface area contributed by atoms with Crippen LogP contribution in [0.4, 0.5) is 11.4 Å². The number of piperidine rings is 1. The first-order chi connectivity index (χ1) is 13.0. The minimum atomic E-state index is -0.459. The van der Waals surface area contributed by atoms with Gasteiger partial charge >= 0.3 is 0 Å². The number of hydrogen-bond donors (Lipinski definition) is 1. The Morgan fingerprint density at radius 3 is 2.48 bits per heavy atom. The van der Waals surface area contributed by atoms with Gasteiger partial charge in [0.1, 0.15) is 11.7 Å². The summed E-state index contributed by atoms with van der Waals surface area (Å²) in [4.78, 5) is 26.3. The maximum Gasteiger partial charge on any atom is 0.293 e. The largest absolute Gasteiger partial charge is 0.319 e. The predicted molar refractivity (Wildman–Crippen MR) is 106 cm³/mol. The van der Waals surface area contributed by atoms with E-state index in [9.17, 15) is 14.9 Å². The van der Waals surface area contributed by atoms with E-state index in [-0.39, 0.29) is 17.3 Å². The summed E-state index contributed by atoms with van der Waals surface area (Å²) in [6.45, 7) is 5.69. The van der Waals surface area contributed by atoms with E-state index in [1.54, 1.807) is 19.1 Å². The van der Waals surface area contributed by atoms with Crippen molar-refractivity contribution in [2.75, 3.05) is 18.4 Å². The Morgan fingerprint density at radius 2 is 1.85 bits per heavy atom. The van der Waals surface area contributed by atoms with E-state index >= 15 is 0 Å². The second kappa shape index (κ2) is 8.31.